The largest absolute Gasteiger partial charge is 0.444 e. The van der Waals surface area contributed by atoms with E-state index in [-0.39, 0.29) is 0 Å². The first kappa shape index (κ1) is 19.3. The summed E-state index contributed by atoms with van der Waals surface area (Å²) in [6.07, 6.45) is 3.63. The predicted octanol–water partition coefficient (Wildman–Crippen LogP) is 4.04. The molecule has 5 heteroatoms. The van der Waals surface area contributed by atoms with E-state index < -0.39 is 11.7 Å². The van der Waals surface area contributed by atoms with E-state index in [0.29, 0.717) is 6.54 Å². The summed E-state index contributed by atoms with van der Waals surface area (Å²) in [7, 11) is 0. The predicted molar refractivity (Wildman–Crippen MR) is 94.8 cm³/mol. The van der Waals surface area contributed by atoms with Crippen LogP contribution in [0, 0.1) is 6.92 Å². The van der Waals surface area contributed by atoms with Gasteiger partial charge in [-0.2, -0.15) is 0 Å². The number of alkyl carbamates (subject to hydrolysis) is 1. The molecule has 23 heavy (non-hydrogen) atoms. The van der Waals surface area contributed by atoms with Crippen molar-refractivity contribution in [3.63, 3.8) is 0 Å². The zero-order valence-corrected chi connectivity index (χ0v) is 15.4. The molecule has 1 aromatic rings. The highest BCUT2D eigenvalue weighted by Gasteiger charge is 2.16. The van der Waals surface area contributed by atoms with Crippen LogP contribution in [0.25, 0.3) is 0 Å². The number of ether oxygens (including phenoxy) is 1. The van der Waals surface area contributed by atoms with Gasteiger partial charge >= 0.3 is 6.09 Å². The smallest absolute Gasteiger partial charge is 0.407 e. The third-order valence-corrected chi connectivity index (χ3v) is 3.23. The molecule has 1 rings (SSSR count). The number of anilines is 1. The van der Waals surface area contributed by atoms with Crippen molar-refractivity contribution in [2.45, 2.75) is 66.5 Å². The Morgan fingerprint density at radius 3 is 2.35 bits per heavy atom. The zero-order valence-electron chi connectivity index (χ0n) is 15.4. The van der Waals surface area contributed by atoms with Gasteiger partial charge in [0, 0.05) is 25.8 Å². The summed E-state index contributed by atoms with van der Waals surface area (Å²) in [4.78, 5) is 18.6. The van der Waals surface area contributed by atoms with Crippen molar-refractivity contribution in [1.29, 1.82) is 0 Å². The summed E-state index contributed by atoms with van der Waals surface area (Å²) in [6.45, 7) is 14.4. The average Bonchev–Trinajstić information content (AvgIpc) is 2.43. The Labute approximate surface area is 140 Å². The Hall–Kier alpha value is -1.78. The van der Waals surface area contributed by atoms with Crippen molar-refractivity contribution in [3.05, 3.63) is 23.4 Å². The molecule has 1 N–H and O–H groups in total. The summed E-state index contributed by atoms with van der Waals surface area (Å²) < 4.78 is 5.24. The average molecular weight is 321 g/mol. The van der Waals surface area contributed by atoms with E-state index in [1.165, 1.54) is 0 Å². The summed E-state index contributed by atoms with van der Waals surface area (Å²) in [5.41, 5.74) is 1.63. The maximum Gasteiger partial charge on any atom is 0.407 e. The van der Waals surface area contributed by atoms with Crippen molar-refractivity contribution in [3.8, 4) is 0 Å². The van der Waals surface area contributed by atoms with E-state index in [1.54, 1.807) is 0 Å². The van der Waals surface area contributed by atoms with E-state index in [4.69, 9.17) is 4.74 Å². The topological polar surface area (TPSA) is 54.5 Å². The van der Waals surface area contributed by atoms with Crippen LogP contribution < -0.4 is 10.2 Å². The third-order valence-electron chi connectivity index (χ3n) is 3.23. The van der Waals surface area contributed by atoms with Gasteiger partial charge in [0.15, 0.2) is 0 Å². The van der Waals surface area contributed by atoms with Crippen molar-refractivity contribution in [1.82, 2.24) is 10.3 Å². The van der Waals surface area contributed by atoms with Crippen molar-refractivity contribution < 1.29 is 9.53 Å². The van der Waals surface area contributed by atoms with Crippen LogP contribution in [-0.4, -0.2) is 29.8 Å². The van der Waals surface area contributed by atoms with Crippen LogP contribution in [0.5, 0.6) is 0 Å². The van der Waals surface area contributed by atoms with Crippen LogP contribution >= 0.6 is 0 Å². The molecule has 1 amide bonds. The standard InChI is InChI=1S/C18H31N3O2/c1-7-9-21(10-8-2)16-14(3)11-15(12-19-16)13-20-17(22)23-18(4,5)6/h11-12H,7-10,13H2,1-6H3,(H,20,22). The lowest BCUT2D eigenvalue weighted by Crippen LogP contribution is -2.32. The number of amides is 1. The number of carbonyl (C=O) groups excluding carboxylic acids is 1. The highest BCUT2D eigenvalue weighted by atomic mass is 16.6. The van der Waals surface area contributed by atoms with Gasteiger partial charge in [0.25, 0.3) is 0 Å². The lowest BCUT2D eigenvalue weighted by atomic mass is 10.2. The number of aryl methyl sites for hydroxylation is 1. The Morgan fingerprint density at radius 1 is 1.26 bits per heavy atom. The van der Waals surface area contributed by atoms with Crippen LogP contribution in [0.4, 0.5) is 10.6 Å². The molecule has 0 unspecified atom stereocenters. The number of pyridine rings is 1. The molecule has 0 saturated carbocycles. The SMILES string of the molecule is CCCN(CCC)c1ncc(CNC(=O)OC(C)(C)C)cc1C. The van der Waals surface area contributed by atoms with Crippen LogP contribution in [0.3, 0.4) is 0 Å². The molecule has 0 aromatic carbocycles. The summed E-state index contributed by atoms with van der Waals surface area (Å²) in [6, 6.07) is 2.08. The van der Waals surface area contributed by atoms with Crippen LogP contribution in [0.1, 0.15) is 58.6 Å². The fourth-order valence-corrected chi connectivity index (χ4v) is 2.41. The maximum atomic E-state index is 11.7. The fraction of sp³-hybridized carbons (Fsp3) is 0.667. The Balaban J connectivity index is 2.70. The molecule has 0 aliphatic carbocycles. The fourth-order valence-electron chi connectivity index (χ4n) is 2.41. The van der Waals surface area contributed by atoms with E-state index >= 15 is 0 Å². The normalized spacial score (nSPS) is 11.2. The lowest BCUT2D eigenvalue weighted by Gasteiger charge is -2.24. The minimum atomic E-state index is -0.483. The molecule has 5 nitrogen and oxygen atoms in total. The van der Waals surface area contributed by atoms with Crippen LogP contribution in [-0.2, 0) is 11.3 Å². The third kappa shape index (κ3) is 6.89. The Bertz CT molecular complexity index is 503. The van der Waals surface area contributed by atoms with Gasteiger partial charge in [-0.1, -0.05) is 13.8 Å². The van der Waals surface area contributed by atoms with Gasteiger partial charge in [0.05, 0.1) is 0 Å². The molecule has 0 saturated heterocycles. The molecule has 0 aliphatic heterocycles. The number of rotatable bonds is 7. The molecule has 130 valence electrons. The van der Waals surface area contributed by atoms with Crippen molar-refractivity contribution >= 4 is 11.9 Å². The number of nitrogens with one attached hydrogen (secondary N) is 1. The molecule has 0 atom stereocenters. The number of aromatic nitrogens is 1. The van der Waals surface area contributed by atoms with Gasteiger partial charge in [0.1, 0.15) is 11.4 Å². The van der Waals surface area contributed by atoms with E-state index in [1.807, 2.05) is 27.0 Å². The molecule has 1 heterocycles. The monoisotopic (exact) mass is 321 g/mol. The molecular weight excluding hydrogens is 290 g/mol. The Morgan fingerprint density at radius 2 is 1.87 bits per heavy atom. The summed E-state index contributed by atoms with van der Waals surface area (Å²) >= 11 is 0. The van der Waals surface area contributed by atoms with Gasteiger partial charge in [-0.3, -0.25) is 0 Å². The second-order valence-electron chi connectivity index (χ2n) is 6.83. The second-order valence-corrected chi connectivity index (χ2v) is 6.83. The highest BCUT2D eigenvalue weighted by molar-refractivity contribution is 5.67. The first-order chi connectivity index (χ1) is 10.8. The first-order valence-corrected chi connectivity index (χ1v) is 8.44. The number of hydrogen-bond acceptors (Lipinski definition) is 4. The molecule has 1 aromatic heterocycles. The van der Waals surface area contributed by atoms with E-state index in [9.17, 15) is 4.79 Å². The van der Waals surface area contributed by atoms with Gasteiger partial charge in [-0.05, 0) is 57.7 Å². The second kappa shape index (κ2) is 8.75. The van der Waals surface area contributed by atoms with E-state index in [0.717, 1.165) is 42.9 Å². The molecule has 0 spiro atoms. The van der Waals surface area contributed by atoms with Crippen LogP contribution in [0.2, 0.25) is 0 Å². The van der Waals surface area contributed by atoms with Crippen LogP contribution in [0.15, 0.2) is 12.3 Å². The maximum absolute atomic E-state index is 11.7. The van der Waals surface area contributed by atoms with Gasteiger partial charge in [-0.15, -0.1) is 0 Å². The molecule has 0 bridgehead atoms. The molecular formula is C18H31N3O2. The van der Waals surface area contributed by atoms with Crippen molar-refractivity contribution in [2.75, 3.05) is 18.0 Å². The quantitative estimate of drug-likeness (QED) is 0.823. The molecule has 0 radical (unpaired) electrons. The van der Waals surface area contributed by atoms with Gasteiger partial charge in [0.2, 0.25) is 0 Å². The molecule has 0 fully saturated rings. The van der Waals surface area contributed by atoms with E-state index in [2.05, 4.69) is 42.0 Å². The van der Waals surface area contributed by atoms with Crippen molar-refractivity contribution in [2.24, 2.45) is 0 Å². The first-order valence-electron chi connectivity index (χ1n) is 8.44. The van der Waals surface area contributed by atoms with Gasteiger partial charge in [-0.25, -0.2) is 9.78 Å². The number of nitrogens with zero attached hydrogens (tertiary/aromatic N) is 2. The highest BCUT2D eigenvalue weighted by Crippen LogP contribution is 2.19. The summed E-state index contributed by atoms with van der Waals surface area (Å²) in [5.74, 6) is 1.04. The lowest BCUT2D eigenvalue weighted by molar-refractivity contribution is 0.0523. The zero-order chi connectivity index (χ0) is 17.5. The molecule has 0 aliphatic rings. The number of hydrogen-bond donors (Lipinski definition) is 1. The Kier molecular flexibility index (Phi) is 7.33. The minimum absolute atomic E-state index is 0.405. The minimum Gasteiger partial charge on any atom is -0.444 e. The number of carbonyl (C=O) groups is 1. The van der Waals surface area contributed by atoms with Gasteiger partial charge < -0.3 is 15.0 Å². The summed E-state index contributed by atoms with van der Waals surface area (Å²) in [5, 5.41) is 2.77.